The van der Waals surface area contributed by atoms with Crippen LogP contribution >= 0.6 is 15.9 Å². The highest BCUT2D eigenvalue weighted by Crippen LogP contribution is 2.20. The third kappa shape index (κ3) is 3.80. The summed E-state index contributed by atoms with van der Waals surface area (Å²) in [7, 11) is 0. The van der Waals surface area contributed by atoms with Gasteiger partial charge in [0.2, 0.25) is 0 Å². The lowest BCUT2D eigenvalue weighted by Gasteiger charge is -2.04. The second kappa shape index (κ2) is 5.66. The molecule has 0 N–H and O–H groups in total. The third-order valence-corrected chi connectivity index (χ3v) is 1.97. The molecule has 0 saturated heterocycles. The molecule has 3 heteroatoms. The van der Waals surface area contributed by atoms with Gasteiger partial charge in [0.25, 0.3) is 0 Å². The van der Waals surface area contributed by atoms with Crippen molar-refractivity contribution in [2.45, 2.75) is 13.3 Å². The van der Waals surface area contributed by atoms with Gasteiger partial charge in [-0.3, -0.25) is 0 Å². The van der Waals surface area contributed by atoms with Crippen molar-refractivity contribution < 1.29 is 9.13 Å². The third-order valence-electron chi connectivity index (χ3n) is 1.51. The topological polar surface area (TPSA) is 9.23 Å². The number of halogens is 2. The van der Waals surface area contributed by atoms with Crippen molar-refractivity contribution in [2.24, 2.45) is 0 Å². The molecule has 0 atom stereocenters. The normalized spacial score (nSPS) is 9.07. The molecule has 0 fully saturated rings. The first kappa shape index (κ1) is 11.1. The van der Waals surface area contributed by atoms with E-state index in [2.05, 4.69) is 27.8 Å². The van der Waals surface area contributed by atoms with E-state index in [1.54, 1.807) is 13.0 Å². The van der Waals surface area contributed by atoms with Crippen LogP contribution in [0.15, 0.2) is 22.7 Å². The van der Waals surface area contributed by atoms with Gasteiger partial charge in [0, 0.05) is 17.0 Å². The molecule has 0 radical (unpaired) electrons. The molecule has 14 heavy (non-hydrogen) atoms. The fourth-order valence-corrected chi connectivity index (χ4v) is 1.40. The summed E-state index contributed by atoms with van der Waals surface area (Å²) in [6.45, 7) is 2.26. The van der Waals surface area contributed by atoms with Gasteiger partial charge in [0.1, 0.15) is 11.6 Å². The summed E-state index contributed by atoms with van der Waals surface area (Å²) >= 11 is 3.19. The van der Waals surface area contributed by atoms with E-state index in [9.17, 15) is 4.39 Å². The predicted molar refractivity (Wildman–Crippen MR) is 57.7 cm³/mol. The van der Waals surface area contributed by atoms with Gasteiger partial charge in [-0.25, -0.2) is 4.39 Å². The van der Waals surface area contributed by atoms with Gasteiger partial charge in [-0.15, -0.1) is 11.8 Å². The quantitative estimate of drug-likeness (QED) is 0.595. The van der Waals surface area contributed by atoms with E-state index in [-0.39, 0.29) is 5.82 Å². The molecule has 0 saturated carbocycles. The lowest BCUT2D eigenvalue weighted by molar-refractivity contribution is 0.325. The maximum Gasteiger partial charge on any atom is 0.128 e. The monoisotopic (exact) mass is 256 g/mol. The first-order valence-corrected chi connectivity index (χ1v) is 5.00. The van der Waals surface area contributed by atoms with Crippen LogP contribution in [-0.2, 0) is 0 Å². The lowest BCUT2D eigenvalue weighted by Crippen LogP contribution is -1.96. The molecule has 74 valence electrons. The van der Waals surface area contributed by atoms with Gasteiger partial charge < -0.3 is 4.74 Å². The zero-order valence-corrected chi connectivity index (χ0v) is 9.40. The van der Waals surface area contributed by atoms with Crippen LogP contribution in [0.25, 0.3) is 0 Å². The van der Waals surface area contributed by atoms with Crippen LogP contribution in [0.5, 0.6) is 5.75 Å². The molecule has 1 rings (SSSR count). The molecule has 0 aliphatic heterocycles. The van der Waals surface area contributed by atoms with E-state index >= 15 is 0 Å². The summed E-state index contributed by atoms with van der Waals surface area (Å²) in [5.74, 6) is 5.84. The molecule has 0 unspecified atom stereocenters. The second-order valence-electron chi connectivity index (χ2n) is 2.63. The van der Waals surface area contributed by atoms with Crippen molar-refractivity contribution in [3.63, 3.8) is 0 Å². The van der Waals surface area contributed by atoms with Gasteiger partial charge in [-0.05, 0) is 19.1 Å². The van der Waals surface area contributed by atoms with Crippen molar-refractivity contribution in [2.75, 3.05) is 6.61 Å². The molecule has 1 aromatic rings. The van der Waals surface area contributed by atoms with Crippen LogP contribution in [0.3, 0.4) is 0 Å². The maximum atomic E-state index is 12.9. The molecule has 0 spiro atoms. The van der Waals surface area contributed by atoms with E-state index in [1.165, 1.54) is 12.1 Å². The fraction of sp³-hybridized carbons (Fsp3) is 0.273. The Kier molecular flexibility index (Phi) is 4.48. The molecular formula is C11H10BrFO. The zero-order chi connectivity index (χ0) is 10.4. The van der Waals surface area contributed by atoms with Crippen molar-refractivity contribution in [3.8, 4) is 17.6 Å². The lowest BCUT2D eigenvalue weighted by atomic mass is 10.3. The standard InChI is InChI=1S/C11H10BrFO/c1-2-3-4-5-14-11-7-9(12)6-10(13)8-11/h6-8H,4-5H2,1H3. The summed E-state index contributed by atoms with van der Waals surface area (Å²) in [6, 6.07) is 4.46. The molecule has 1 nitrogen and oxygen atoms in total. The number of rotatable bonds is 3. The van der Waals surface area contributed by atoms with Gasteiger partial charge in [-0.1, -0.05) is 15.9 Å². The largest absolute Gasteiger partial charge is 0.492 e. The van der Waals surface area contributed by atoms with Crippen LogP contribution < -0.4 is 4.74 Å². The zero-order valence-electron chi connectivity index (χ0n) is 7.81. The van der Waals surface area contributed by atoms with E-state index in [1.807, 2.05) is 0 Å². The van der Waals surface area contributed by atoms with E-state index in [0.717, 1.165) is 0 Å². The average Bonchev–Trinajstić information content (AvgIpc) is 2.11. The minimum absolute atomic E-state index is 0.309. The van der Waals surface area contributed by atoms with Crippen LogP contribution in [0.4, 0.5) is 4.39 Å². The summed E-state index contributed by atoms with van der Waals surface area (Å²) in [6.07, 6.45) is 0.657. The minimum atomic E-state index is -0.309. The van der Waals surface area contributed by atoms with Gasteiger partial charge in [0.15, 0.2) is 0 Å². The maximum absolute atomic E-state index is 12.9. The number of benzene rings is 1. The van der Waals surface area contributed by atoms with Gasteiger partial charge >= 0.3 is 0 Å². The van der Waals surface area contributed by atoms with Crippen molar-refractivity contribution >= 4 is 15.9 Å². The molecule has 0 amide bonds. The van der Waals surface area contributed by atoms with Crippen molar-refractivity contribution in [1.82, 2.24) is 0 Å². The van der Waals surface area contributed by atoms with Crippen LogP contribution in [-0.4, -0.2) is 6.61 Å². The molecule has 0 aliphatic carbocycles. The first-order valence-electron chi connectivity index (χ1n) is 4.21. The van der Waals surface area contributed by atoms with Crippen molar-refractivity contribution in [3.05, 3.63) is 28.5 Å². The summed E-state index contributed by atoms with van der Waals surface area (Å²) in [5, 5.41) is 0. The Morgan fingerprint density at radius 1 is 1.43 bits per heavy atom. The van der Waals surface area contributed by atoms with E-state index < -0.39 is 0 Å². The molecule has 0 aliphatic rings. The average molecular weight is 257 g/mol. The number of hydrogen-bond acceptors (Lipinski definition) is 1. The van der Waals surface area contributed by atoms with Gasteiger partial charge in [-0.2, -0.15) is 0 Å². The summed E-state index contributed by atoms with van der Waals surface area (Å²) < 4.78 is 18.8. The SMILES string of the molecule is CC#CCCOc1cc(F)cc(Br)c1. The highest BCUT2D eigenvalue weighted by molar-refractivity contribution is 9.10. The van der Waals surface area contributed by atoms with Crippen molar-refractivity contribution in [1.29, 1.82) is 0 Å². The Morgan fingerprint density at radius 3 is 2.86 bits per heavy atom. The molecule has 0 aromatic heterocycles. The molecule has 1 aromatic carbocycles. The Bertz CT molecular complexity index is 345. The van der Waals surface area contributed by atoms with Crippen LogP contribution in [0, 0.1) is 17.7 Å². The number of hydrogen-bond donors (Lipinski definition) is 0. The van der Waals surface area contributed by atoms with Crippen LogP contribution in [0.2, 0.25) is 0 Å². The Morgan fingerprint density at radius 2 is 2.21 bits per heavy atom. The van der Waals surface area contributed by atoms with E-state index in [0.29, 0.717) is 23.2 Å². The minimum Gasteiger partial charge on any atom is -0.492 e. The number of ether oxygens (including phenoxy) is 1. The van der Waals surface area contributed by atoms with E-state index in [4.69, 9.17) is 4.74 Å². The van der Waals surface area contributed by atoms with Crippen LogP contribution in [0.1, 0.15) is 13.3 Å². The summed E-state index contributed by atoms with van der Waals surface area (Å²) in [5.41, 5.74) is 0. The highest BCUT2D eigenvalue weighted by atomic mass is 79.9. The Labute approximate surface area is 91.4 Å². The molecular weight excluding hydrogens is 247 g/mol. The Balaban J connectivity index is 2.53. The summed E-state index contributed by atoms with van der Waals surface area (Å²) in [4.78, 5) is 0. The highest BCUT2D eigenvalue weighted by Gasteiger charge is 1.98. The predicted octanol–water partition coefficient (Wildman–Crippen LogP) is 3.38. The fourth-order valence-electron chi connectivity index (χ4n) is 0.957. The molecule has 0 bridgehead atoms. The second-order valence-corrected chi connectivity index (χ2v) is 3.55. The Hall–Kier alpha value is -1.01. The molecule has 0 heterocycles. The first-order chi connectivity index (χ1) is 6.72. The smallest absolute Gasteiger partial charge is 0.128 e. The van der Waals surface area contributed by atoms with Gasteiger partial charge in [0.05, 0.1) is 6.61 Å².